The number of hydrogen-bond acceptors (Lipinski definition) is 3. The van der Waals surface area contributed by atoms with Gasteiger partial charge >= 0.3 is 0 Å². The molecule has 4 nitrogen and oxygen atoms in total. The summed E-state index contributed by atoms with van der Waals surface area (Å²) in [6.07, 6.45) is 2.13. The second kappa shape index (κ2) is 4.33. The molecule has 0 atom stereocenters. The van der Waals surface area contributed by atoms with E-state index in [9.17, 15) is 0 Å². The van der Waals surface area contributed by atoms with Crippen molar-refractivity contribution >= 4 is 0 Å². The first kappa shape index (κ1) is 10.6. The first-order valence-corrected chi connectivity index (χ1v) is 5.55. The van der Waals surface area contributed by atoms with Gasteiger partial charge < -0.3 is 9.47 Å². The molecule has 0 bridgehead atoms. The molecule has 0 N–H and O–H groups in total. The molecular formula is C11H20N4. The van der Waals surface area contributed by atoms with E-state index in [2.05, 4.69) is 39.6 Å². The van der Waals surface area contributed by atoms with E-state index in [1.165, 1.54) is 18.8 Å². The summed E-state index contributed by atoms with van der Waals surface area (Å²) in [5, 5.41) is 0. The van der Waals surface area contributed by atoms with Crippen LogP contribution in [0.3, 0.4) is 0 Å². The van der Waals surface area contributed by atoms with E-state index in [1.54, 1.807) is 0 Å². The molecule has 84 valence electrons. The van der Waals surface area contributed by atoms with Crippen LogP contribution in [0, 0.1) is 6.92 Å². The number of likely N-dealkylation sites (N-methyl/N-ethyl adjacent to an activating group) is 1. The molecule has 2 rings (SSSR count). The van der Waals surface area contributed by atoms with Crippen LogP contribution >= 0.6 is 0 Å². The number of hydrogen-bond donors (Lipinski definition) is 0. The number of aryl methyl sites for hydroxylation is 2. The van der Waals surface area contributed by atoms with Crippen LogP contribution in [-0.2, 0) is 13.6 Å². The van der Waals surface area contributed by atoms with E-state index in [0.29, 0.717) is 0 Å². The largest absolute Gasteiger partial charge is 0.338 e. The molecule has 0 saturated carbocycles. The van der Waals surface area contributed by atoms with Crippen molar-refractivity contribution < 1.29 is 0 Å². The molecule has 0 spiro atoms. The standard InChI is InChI=1S/C11H20N4/c1-10-12-11(8-14(10)3)9-15-6-4-13(2)5-7-15/h8H,4-7,9H2,1-3H3. The van der Waals surface area contributed by atoms with Gasteiger partial charge in [-0.2, -0.15) is 0 Å². The Kier molecular flexibility index (Phi) is 3.07. The molecule has 0 unspecified atom stereocenters. The molecule has 4 heteroatoms. The zero-order valence-corrected chi connectivity index (χ0v) is 9.90. The topological polar surface area (TPSA) is 24.3 Å². The summed E-state index contributed by atoms with van der Waals surface area (Å²) in [5.74, 6) is 1.10. The lowest BCUT2D eigenvalue weighted by Gasteiger charge is -2.31. The van der Waals surface area contributed by atoms with Crippen molar-refractivity contribution in [3.05, 3.63) is 17.7 Å². The molecular weight excluding hydrogens is 188 g/mol. The van der Waals surface area contributed by atoms with Crippen molar-refractivity contribution in [3.8, 4) is 0 Å². The van der Waals surface area contributed by atoms with E-state index in [1.807, 2.05) is 6.92 Å². The van der Waals surface area contributed by atoms with Crippen LogP contribution in [0.25, 0.3) is 0 Å². The van der Waals surface area contributed by atoms with Gasteiger partial charge in [0, 0.05) is 46.0 Å². The molecule has 0 amide bonds. The third-order valence-electron chi connectivity index (χ3n) is 3.14. The predicted octanol–water partition coefficient (Wildman–Crippen LogP) is 0.476. The van der Waals surface area contributed by atoms with Gasteiger partial charge in [0.15, 0.2) is 0 Å². The van der Waals surface area contributed by atoms with Gasteiger partial charge in [0.25, 0.3) is 0 Å². The van der Waals surface area contributed by atoms with Crippen LogP contribution in [0.1, 0.15) is 11.5 Å². The van der Waals surface area contributed by atoms with E-state index in [4.69, 9.17) is 0 Å². The molecule has 15 heavy (non-hydrogen) atoms. The lowest BCUT2D eigenvalue weighted by molar-refractivity contribution is 0.147. The minimum absolute atomic E-state index is 0.996. The highest BCUT2D eigenvalue weighted by atomic mass is 15.2. The zero-order chi connectivity index (χ0) is 10.8. The van der Waals surface area contributed by atoms with Crippen molar-refractivity contribution in [2.75, 3.05) is 33.2 Å². The summed E-state index contributed by atoms with van der Waals surface area (Å²) in [6.45, 7) is 7.71. The average Bonchev–Trinajstić information content (AvgIpc) is 2.50. The highest BCUT2D eigenvalue weighted by Crippen LogP contribution is 2.07. The molecule has 1 aromatic rings. The average molecular weight is 208 g/mol. The molecule has 1 aromatic heterocycles. The first-order valence-electron chi connectivity index (χ1n) is 5.55. The lowest BCUT2D eigenvalue weighted by atomic mass is 10.3. The highest BCUT2D eigenvalue weighted by molar-refractivity contribution is 5.02. The maximum atomic E-state index is 4.53. The fourth-order valence-corrected chi connectivity index (χ4v) is 1.94. The van der Waals surface area contributed by atoms with E-state index >= 15 is 0 Å². The van der Waals surface area contributed by atoms with Gasteiger partial charge in [-0.15, -0.1) is 0 Å². The second-order valence-electron chi connectivity index (χ2n) is 4.47. The van der Waals surface area contributed by atoms with Crippen LogP contribution in [0.4, 0.5) is 0 Å². The number of rotatable bonds is 2. The summed E-state index contributed by atoms with van der Waals surface area (Å²) in [4.78, 5) is 9.38. The molecule has 1 aliphatic heterocycles. The monoisotopic (exact) mass is 208 g/mol. The molecule has 1 saturated heterocycles. The Hall–Kier alpha value is -0.870. The van der Waals surface area contributed by atoms with Gasteiger partial charge in [0.2, 0.25) is 0 Å². The normalized spacial score (nSPS) is 19.7. The molecule has 0 aromatic carbocycles. The minimum Gasteiger partial charge on any atom is -0.338 e. The SMILES string of the molecule is Cc1nc(CN2CCN(C)CC2)cn1C. The van der Waals surface area contributed by atoms with Crippen molar-refractivity contribution in [1.29, 1.82) is 0 Å². The molecule has 1 fully saturated rings. The zero-order valence-electron chi connectivity index (χ0n) is 9.90. The van der Waals surface area contributed by atoms with Crippen molar-refractivity contribution in [2.24, 2.45) is 7.05 Å². The first-order chi connectivity index (χ1) is 7.15. The van der Waals surface area contributed by atoms with Gasteiger partial charge in [-0.1, -0.05) is 0 Å². The quantitative estimate of drug-likeness (QED) is 0.706. The lowest BCUT2D eigenvalue weighted by Crippen LogP contribution is -2.43. The summed E-state index contributed by atoms with van der Waals surface area (Å²) >= 11 is 0. The summed E-state index contributed by atoms with van der Waals surface area (Å²) in [6, 6.07) is 0. The van der Waals surface area contributed by atoms with Crippen molar-refractivity contribution in [1.82, 2.24) is 19.4 Å². The summed E-state index contributed by atoms with van der Waals surface area (Å²) in [5.41, 5.74) is 1.19. The molecule has 0 aliphatic carbocycles. The minimum atomic E-state index is 0.996. The number of imidazole rings is 1. The van der Waals surface area contributed by atoms with E-state index in [-0.39, 0.29) is 0 Å². The van der Waals surface area contributed by atoms with Gasteiger partial charge in [-0.3, -0.25) is 4.90 Å². The Bertz CT molecular complexity index is 304. The fraction of sp³-hybridized carbons (Fsp3) is 0.727. The molecule has 2 heterocycles. The third kappa shape index (κ3) is 2.58. The summed E-state index contributed by atoms with van der Waals surface area (Å²) < 4.78 is 2.09. The highest BCUT2D eigenvalue weighted by Gasteiger charge is 2.14. The molecule has 1 aliphatic rings. The van der Waals surface area contributed by atoms with Crippen LogP contribution in [0.15, 0.2) is 6.20 Å². The van der Waals surface area contributed by atoms with Gasteiger partial charge in [-0.25, -0.2) is 4.98 Å². The Balaban J connectivity index is 1.91. The number of aromatic nitrogens is 2. The van der Waals surface area contributed by atoms with Crippen LogP contribution in [0.2, 0.25) is 0 Å². The Morgan fingerprint density at radius 3 is 2.40 bits per heavy atom. The van der Waals surface area contributed by atoms with E-state index in [0.717, 1.165) is 25.5 Å². The summed E-state index contributed by atoms with van der Waals surface area (Å²) in [7, 11) is 4.23. The van der Waals surface area contributed by atoms with Crippen molar-refractivity contribution in [3.63, 3.8) is 0 Å². The maximum absolute atomic E-state index is 4.53. The van der Waals surface area contributed by atoms with Crippen molar-refractivity contribution in [2.45, 2.75) is 13.5 Å². The van der Waals surface area contributed by atoms with E-state index < -0.39 is 0 Å². The van der Waals surface area contributed by atoms with Gasteiger partial charge in [0.05, 0.1) is 5.69 Å². The van der Waals surface area contributed by atoms with Crippen LogP contribution < -0.4 is 0 Å². The fourth-order valence-electron chi connectivity index (χ4n) is 1.94. The number of nitrogens with zero attached hydrogens (tertiary/aromatic N) is 4. The number of piperazine rings is 1. The molecule has 0 radical (unpaired) electrons. The second-order valence-corrected chi connectivity index (χ2v) is 4.47. The van der Waals surface area contributed by atoms with Crippen LogP contribution in [-0.4, -0.2) is 52.6 Å². The maximum Gasteiger partial charge on any atom is 0.105 e. The third-order valence-corrected chi connectivity index (χ3v) is 3.14. The van der Waals surface area contributed by atoms with Gasteiger partial charge in [0.1, 0.15) is 5.82 Å². The Labute approximate surface area is 91.5 Å². The Morgan fingerprint density at radius 1 is 1.20 bits per heavy atom. The van der Waals surface area contributed by atoms with Crippen LogP contribution in [0.5, 0.6) is 0 Å². The smallest absolute Gasteiger partial charge is 0.105 e. The Morgan fingerprint density at radius 2 is 1.87 bits per heavy atom. The van der Waals surface area contributed by atoms with Gasteiger partial charge in [-0.05, 0) is 14.0 Å². The predicted molar refractivity (Wildman–Crippen MR) is 60.7 cm³/mol.